The summed E-state index contributed by atoms with van der Waals surface area (Å²) in [5, 5.41) is 8.65. The van der Waals surface area contributed by atoms with Crippen LogP contribution in [0.2, 0.25) is 0 Å². The second-order valence-electron chi connectivity index (χ2n) is 2.76. The summed E-state index contributed by atoms with van der Waals surface area (Å²) >= 11 is 0. The van der Waals surface area contributed by atoms with Crippen LogP contribution in [0.25, 0.3) is 0 Å². The van der Waals surface area contributed by atoms with E-state index in [-0.39, 0.29) is 0 Å². The van der Waals surface area contributed by atoms with Gasteiger partial charge < -0.3 is 0 Å². The molecule has 1 heteroatoms. The van der Waals surface area contributed by atoms with Crippen molar-refractivity contribution in [3.8, 4) is 6.07 Å². The lowest BCUT2D eigenvalue weighted by atomic mass is 9.87. The molecular formula is C9H13N. The molecule has 1 nitrogen and oxygen atoms in total. The van der Waals surface area contributed by atoms with Crippen LogP contribution in [-0.4, -0.2) is 0 Å². The van der Waals surface area contributed by atoms with Crippen molar-refractivity contribution in [1.82, 2.24) is 0 Å². The van der Waals surface area contributed by atoms with Crippen molar-refractivity contribution in [3.05, 3.63) is 24.3 Å². The van der Waals surface area contributed by atoms with E-state index in [1.807, 2.05) is 32.9 Å². The van der Waals surface area contributed by atoms with Gasteiger partial charge in [-0.2, -0.15) is 5.26 Å². The van der Waals surface area contributed by atoms with Crippen LogP contribution in [0.3, 0.4) is 0 Å². The second-order valence-corrected chi connectivity index (χ2v) is 2.76. The molecule has 0 radical (unpaired) electrons. The van der Waals surface area contributed by atoms with Gasteiger partial charge in [0, 0.05) is 0 Å². The Hall–Kier alpha value is -1.03. The largest absolute Gasteiger partial charge is 0.197 e. The van der Waals surface area contributed by atoms with Crippen LogP contribution in [0.5, 0.6) is 0 Å². The molecule has 0 bridgehead atoms. The van der Waals surface area contributed by atoms with Crippen LogP contribution in [0.15, 0.2) is 24.3 Å². The molecule has 0 fully saturated rings. The van der Waals surface area contributed by atoms with E-state index in [4.69, 9.17) is 5.26 Å². The lowest BCUT2D eigenvalue weighted by Crippen LogP contribution is -2.08. The minimum Gasteiger partial charge on any atom is -0.197 e. The number of nitrogens with zero attached hydrogens (tertiary/aromatic N) is 1. The fraction of sp³-hybridized carbons (Fsp3) is 0.444. The molecule has 0 heterocycles. The number of nitriles is 1. The molecule has 0 aliphatic heterocycles. The predicted molar refractivity (Wildman–Crippen MR) is 43.3 cm³/mol. The van der Waals surface area contributed by atoms with Gasteiger partial charge in [-0.1, -0.05) is 18.7 Å². The van der Waals surface area contributed by atoms with Gasteiger partial charge in [-0.25, -0.2) is 0 Å². The summed E-state index contributed by atoms with van der Waals surface area (Å²) in [6, 6.07) is 2.18. The van der Waals surface area contributed by atoms with E-state index < -0.39 is 5.41 Å². The first kappa shape index (κ1) is 8.97. The molecule has 0 rings (SSSR count). The van der Waals surface area contributed by atoms with Gasteiger partial charge in [0.15, 0.2) is 0 Å². The fourth-order valence-corrected chi connectivity index (χ4v) is 0.481. The lowest BCUT2D eigenvalue weighted by molar-refractivity contribution is 0.615. The minimum atomic E-state index is -0.424. The van der Waals surface area contributed by atoms with Crippen LogP contribution in [-0.2, 0) is 0 Å². The monoisotopic (exact) mass is 135 g/mol. The van der Waals surface area contributed by atoms with E-state index in [1.165, 1.54) is 0 Å². The van der Waals surface area contributed by atoms with Gasteiger partial charge in [0.05, 0.1) is 11.5 Å². The number of hydrogen-bond donors (Lipinski definition) is 0. The molecule has 0 aliphatic carbocycles. The molecule has 10 heavy (non-hydrogen) atoms. The first-order valence-electron chi connectivity index (χ1n) is 3.28. The van der Waals surface area contributed by atoms with E-state index >= 15 is 0 Å². The molecule has 0 saturated carbocycles. The molecule has 0 spiro atoms. The van der Waals surface area contributed by atoms with Gasteiger partial charge in [0.25, 0.3) is 0 Å². The van der Waals surface area contributed by atoms with Crippen LogP contribution in [0, 0.1) is 16.7 Å². The lowest BCUT2D eigenvalue weighted by Gasteiger charge is -2.14. The summed E-state index contributed by atoms with van der Waals surface area (Å²) in [4.78, 5) is 0. The third-order valence-corrected chi connectivity index (χ3v) is 1.45. The number of rotatable bonds is 2. The summed E-state index contributed by atoms with van der Waals surface area (Å²) < 4.78 is 0. The van der Waals surface area contributed by atoms with Gasteiger partial charge in [-0.15, -0.1) is 0 Å². The Labute approximate surface area is 62.7 Å². The van der Waals surface area contributed by atoms with Gasteiger partial charge in [-0.05, 0) is 26.3 Å². The highest BCUT2D eigenvalue weighted by Crippen LogP contribution is 2.23. The van der Waals surface area contributed by atoms with Crippen LogP contribution >= 0.6 is 0 Å². The summed E-state index contributed by atoms with van der Waals surface area (Å²) in [6.07, 6.45) is 3.75. The highest BCUT2D eigenvalue weighted by Gasteiger charge is 2.17. The van der Waals surface area contributed by atoms with Gasteiger partial charge in [0.1, 0.15) is 0 Å². The van der Waals surface area contributed by atoms with Crippen LogP contribution in [0.1, 0.15) is 20.8 Å². The quantitative estimate of drug-likeness (QED) is 0.534. The summed E-state index contributed by atoms with van der Waals surface area (Å²) in [5.41, 5.74) is 0.435. The van der Waals surface area contributed by atoms with Crippen molar-refractivity contribution in [2.24, 2.45) is 5.41 Å². The standard InChI is InChI=1S/C9H13N/c1-5-6-8(2)9(3,4)7-10/h5-6H,2H2,1,3-4H3/b6-5-. The molecule has 0 aromatic heterocycles. The third-order valence-electron chi connectivity index (χ3n) is 1.45. The maximum Gasteiger partial charge on any atom is 0.0760 e. The molecule has 0 atom stereocenters. The third kappa shape index (κ3) is 2.06. The van der Waals surface area contributed by atoms with Crippen molar-refractivity contribution >= 4 is 0 Å². The average molecular weight is 135 g/mol. The molecule has 0 aromatic carbocycles. The Kier molecular flexibility index (Phi) is 2.89. The van der Waals surface area contributed by atoms with E-state index in [9.17, 15) is 0 Å². The molecule has 0 N–H and O–H groups in total. The zero-order valence-electron chi connectivity index (χ0n) is 6.81. The average Bonchev–Trinajstić information content (AvgIpc) is 1.89. The molecule has 0 amide bonds. The first-order chi connectivity index (χ1) is 4.54. The van der Waals surface area contributed by atoms with Crippen LogP contribution < -0.4 is 0 Å². The highest BCUT2D eigenvalue weighted by molar-refractivity contribution is 5.27. The molecule has 0 aromatic rings. The molecular weight excluding hydrogens is 122 g/mol. The smallest absolute Gasteiger partial charge is 0.0760 e. The Balaban J connectivity index is 4.38. The number of hydrogen-bond acceptors (Lipinski definition) is 1. The van der Waals surface area contributed by atoms with Crippen molar-refractivity contribution in [2.75, 3.05) is 0 Å². The minimum absolute atomic E-state index is 0.424. The molecule has 54 valence electrons. The fourth-order valence-electron chi connectivity index (χ4n) is 0.481. The molecule has 0 saturated heterocycles. The second kappa shape index (κ2) is 3.22. The topological polar surface area (TPSA) is 23.8 Å². The van der Waals surface area contributed by atoms with Crippen molar-refractivity contribution < 1.29 is 0 Å². The maximum absolute atomic E-state index is 8.65. The molecule has 0 unspecified atom stereocenters. The Morgan fingerprint density at radius 2 is 2.10 bits per heavy atom. The number of allylic oxidation sites excluding steroid dienone is 3. The predicted octanol–water partition coefficient (Wildman–Crippen LogP) is 2.67. The van der Waals surface area contributed by atoms with E-state index in [0.717, 1.165) is 5.57 Å². The van der Waals surface area contributed by atoms with Crippen molar-refractivity contribution in [2.45, 2.75) is 20.8 Å². The molecule has 0 aliphatic rings. The zero-order chi connectivity index (χ0) is 8.20. The van der Waals surface area contributed by atoms with Gasteiger partial charge in [-0.3, -0.25) is 0 Å². The Morgan fingerprint density at radius 3 is 2.40 bits per heavy atom. The normalized spacial score (nSPS) is 11.4. The van der Waals surface area contributed by atoms with Gasteiger partial charge in [0.2, 0.25) is 0 Å². The van der Waals surface area contributed by atoms with E-state index in [1.54, 1.807) is 0 Å². The zero-order valence-corrected chi connectivity index (χ0v) is 6.81. The van der Waals surface area contributed by atoms with Crippen molar-refractivity contribution in [3.63, 3.8) is 0 Å². The van der Waals surface area contributed by atoms with Gasteiger partial charge >= 0.3 is 0 Å². The van der Waals surface area contributed by atoms with Crippen LogP contribution in [0.4, 0.5) is 0 Å². The Bertz CT molecular complexity index is 191. The van der Waals surface area contributed by atoms with Crippen molar-refractivity contribution in [1.29, 1.82) is 5.26 Å². The summed E-state index contributed by atoms with van der Waals surface area (Å²) in [6.45, 7) is 9.41. The Morgan fingerprint density at radius 1 is 1.60 bits per heavy atom. The van der Waals surface area contributed by atoms with E-state index in [2.05, 4.69) is 12.6 Å². The summed E-state index contributed by atoms with van der Waals surface area (Å²) in [5.74, 6) is 0. The van der Waals surface area contributed by atoms with E-state index in [0.29, 0.717) is 0 Å². The maximum atomic E-state index is 8.65. The first-order valence-corrected chi connectivity index (χ1v) is 3.28. The highest BCUT2D eigenvalue weighted by atomic mass is 14.3. The SMILES string of the molecule is C=C(/C=C\C)C(C)(C)C#N. The summed E-state index contributed by atoms with van der Waals surface area (Å²) in [7, 11) is 0.